The minimum absolute atomic E-state index is 0.507. The van der Waals surface area contributed by atoms with Crippen LogP contribution in [0.2, 0.25) is 5.02 Å². The quantitative estimate of drug-likeness (QED) is 0.543. The first-order valence-corrected chi connectivity index (χ1v) is 7.98. The molecule has 2 nitrogen and oxygen atoms in total. The van der Waals surface area contributed by atoms with Gasteiger partial charge in [-0.25, -0.2) is 4.98 Å². The summed E-state index contributed by atoms with van der Waals surface area (Å²) >= 11 is 9.62. The van der Waals surface area contributed by atoms with Gasteiger partial charge in [0.1, 0.15) is 17.0 Å². The van der Waals surface area contributed by atoms with Gasteiger partial charge < -0.3 is 4.74 Å². The van der Waals surface area contributed by atoms with Gasteiger partial charge in [-0.1, -0.05) is 41.9 Å². The second kappa shape index (κ2) is 6.95. The Labute approximate surface area is 142 Å². The third-order valence-corrected chi connectivity index (χ3v) is 4.10. The smallest absolute Gasteiger partial charge is 0.127 e. The first-order chi connectivity index (χ1) is 10.7. The van der Waals surface area contributed by atoms with Crippen LogP contribution in [0.3, 0.4) is 0 Å². The fourth-order valence-electron chi connectivity index (χ4n) is 2.16. The lowest BCUT2D eigenvalue weighted by Gasteiger charge is -2.13. The standard InChI is InChI=1S/C18H13BrClNO/c19-18-15(7-4-10-21-18)16-11-14(20)8-9-17(16)22-12-13-5-2-1-3-6-13/h1-11H,12H2. The third-order valence-electron chi connectivity index (χ3n) is 3.23. The molecule has 22 heavy (non-hydrogen) atoms. The molecule has 0 aliphatic heterocycles. The Bertz CT molecular complexity index is 777. The number of pyridine rings is 1. The molecule has 1 heterocycles. The summed E-state index contributed by atoms with van der Waals surface area (Å²) in [6.45, 7) is 0.507. The lowest BCUT2D eigenvalue weighted by Crippen LogP contribution is -1.97. The van der Waals surface area contributed by atoms with Crippen molar-refractivity contribution in [3.63, 3.8) is 0 Å². The predicted molar refractivity (Wildman–Crippen MR) is 93.2 cm³/mol. The van der Waals surface area contributed by atoms with Crippen LogP contribution in [0, 0.1) is 0 Å². The molecule has 0 atom stereocenters. The van der Waals surface area contributed by atoms with E-state index in [1.807, 2.05) is 60.7 Å². The Hall–Kier alpha value is -1.84. The van der Waals surface area contributed by atoms with Crippen LogP contribution in [0.5, 0.6) is 5.75 Å². The highest BCUT2D eigenvalue weighted by Gasteiger charge is 2.11. The van der Waals surface area contributed by atoms with Gasteiger partial charge in [-0.15, -0.1) is 0 Å². The van der Waals surface area contributed by atoms with Crippen molar-refractivity contribution in [2.45, 2.75) is 6.61 Å². The molecule has 0 fully saturated rings. The maximum absolute atomic E-state index is 6.14. The SMILES string of the molecule is Clc1ccc(OCc2ccccc2)c(-c2cccnc2Br)c1. The number of ether oxygens (including phenoxy) is 1. The van der Waals surface area contributed by atoms with Crippen LogP contribution in [-0.2, 0) is 6.61 Å². The molecule has 4 heteroatoms. The Kier molecular flexibility index (Phi) is 4.76. The normalized spacial score (nSPS) is 10.5. The molecule has 0 spiro atoms. The highest BCUT2D eigenvalue weighted by Crippen LogP contribution is 2.36. The number of nitrogens with zero attached hydrogens (tertiary/aromatic N) is 1. The molecule has 0 radical (unpaired) electrons. The lowest BCUT2D eigenvalue weighted by molar-refractivity contribution is 0.307. The van der Waals surface area contributed by atoms with Crippen molar-refractivity contribution < 1.29 is 4.74 Å². The Morgan fingerprint density at radius 2 is 1.77 bits per heavy atom. The van der Waals surface area contributed by atoms with Gasteiger partial charge in [0.15, 0.2) is 0 Å². The van der Waals surface area contributed by atoms with Crippen molar-refractivity contribution in [1.29, 1.82) is 0 Å². The summed E-state index contributed by atoms with van der Waals surface area (Å²) < 4.78 is 6.75. The molecule has 1 aromatic heterocycles. The summed E-state index contributed by atoms with van der Waals surface area (Å²) in [4.78, 5) is 4.26. The van der Waals surface area contributed by atoms with Crippen molar-refractivity contribution in [3.05, 3.63) is 82.0 Å². The van der Waals surface area contributed by atoms with E-state index in [9.17, 15) is 0 Å². The number of aromatic nitrogens is 1. The van der Waals surface area contributed by atoms with E-state index in [-0.39, 0.29) is 0 Å². The number of hydrogen-bond donors (Lipinski definition) is 0. The first-order valence-electron chi connectivity index (χ1n) is 6.81. The number of halogens is 2. The zero-order valence-corrected chi connectivity index (χ0v) is 14.0. The molecule has 0 bridgehead atoms. The molecule has 2 aromatic carbocycles. The molecule has 0 unspecified atom stereocenters. The molecule has 110 valence electrons. The fraction of sp³-hybridized carbons (Fsp3) is 0.0556. The van der Waals surface area contributed by atoms with Crippen LogP contribution < -0.4 is 4.74 Å². The average molecular weight is 375 g/mol. The number of hydrogen-bond acceptors (Lipinski definition) is 2. The first kappa shape index (κ1) is 15.1. The predicted octanol–water partition coefficient (Wildman–Crippen LogP) is 5.74. The van der Waals surface area contributed by atoms with Crippen molar-refractivity contribution in [2.24, 2.45) is 0 Å². The van der Waals surface area contributed by atoms with E-state index in [0.717, 1.165) is 27.0 Å². The van der Waals surface area contributed by atoms with Crippen molar-refractivity contribution in [1.82, 2.24) is 4.98 Å². The summed E-state index contributed by atoms with van der Waals surface area (Å²) in [6, 6.07) is 19.5. The van der Waals surface area contributed by atoms with Gasteiger partial charge in [0.2, 0.25) is 0 Å². The van der Waals surface area contributed by atoms with Gasteiger partial charge >= 0.3 is 0 Å². The maximum atomic E-state index is 6.14. The Morgan fingerprint density at radius 3 is 2.55 bits per heavy atom. The maximum Gasteiger partial charge on any atom is 0.127 e. The van der Waals surface area contributed by atoms with Crippen LogP contribution in [-0.4, -0.2) is 4.98 Å². The van der Waals surface area contributed by atoms with Crippen LogP contribution >= 0.6 is 27.5 Å². The third kappa shape index (κ3) is 3.49. The highest BCUT2D eigenvalue weighted by atomic mass is 79.9. The topological polar surface area (TPSA) is 22.1 Å². The Morgan fingerprint density at radius 1 is 0.955 bits per heavy atom. The van der Waals surface area contributed by atoms with E-state index in [2.05, 4.69) is 20.9 Å². The van der Waals surface area contributed by atoms with Crippen molar-refractivity contribution >= 4 is 27.5 Å². The average Bonchev–Trinajstić information content (AvgIpc) is 2.55. The molecular formula is C18H13BrClNO. The van der Waals surface area contributed by atoms with E-state index in [1.165, 1.54) is 0 Å². The lowest BCUT2D eigenvalue weighted by atomic mass is 10.1. The van der Waals surface area contributed by atoms with Crippen molar-refractivity contribution in [2.75, 3.05) is 0 Å². The molecule has 3 rings (SSSR count). The zero-order chi connectivity index (χ0) is 15.4. The van der Waals surface area contributed by atoms with Crippen LogP contribution in [0.25, 0.3) is 11.1 Å². The summed E-state index contributed by atoms with van der Waals surface area (Å²) in [5, 5.41) is 0.665. The van der Waals surface area contributed by atoms with Crippen LogP contribution in [0.15, 0.2) is 71.5 Å². The number of rotatable bonds is 4. The Balaban J connectivity index is 1.93. The number of benzene rings is 2. The zero-order valence-electron chi connectivity index (χ0n) is 11.7. The molecule has 0 aliphatic carbocycles. The van der Waals surface area contributed by atoms with E-state index < -0.39 is 0 Å². The van der Waals surface area contributed by atoms with Crippen LogP contribution in [0.1, 0.15) is 5.56 Å². The van der Waals surface area contributed by atoms with Gasteiger partial charge in [-0.3, -0.25) is 0 Å². The van der Waals surface area contributed by atoms with E-state index >= 15 is 0 Å². The van der Waals surface area contributed by atoms with Crippen LogP contribution in [0.4, 0.5) is 0 Å². The molecule has 0 amide bonds. The summed E-state index contributed by atoms with van der Waals surface area (Å²) in [7, 11) is 0. The molecule has 0 saturated carbocycles. The summed E-state index contributed by atoms with van der Waals surface area (Å²) in [6.07, 6.45) is 1.74. The monoisotopic (exact) mass is 373 g/mol. The highest BCUT2D eigenvalue weighted by molar-refractivity contribution is 9.10. The largest absolute Gasteiger partial charge is 0.488 e. The van der Waals surface area contributed by atoms with Gasteiger partial charge in [0.05, 0.1) is 0 Å². The minimum atomic E-state index is 0.507. The second-order valence-electron chi connectivity index (χ2n) is 4.76. The van der Waals surface area contributed by atoms with Gasteiger partial charge in [-0.05, 0) is 51.8 Å². The van der Waals surface area contributed by atoms with E-state index in [4.69, 9.17) is 16.3 Å². The molecular weight excluding hydrogens is 362 g/mol. The van der Waals surface area contributed by atoms with E-state index in [0.29, 0.717) is 11.6 Å². The van der Waals surface area contributed by atoms with E-state index in [1.54, 1.807) is 6.20 Å². The van der Waals surface area contributed by atoms with Gasteiger partial charge in [-0.2, -0.15) is 0 Å². The van der Waals surface area contributed by atoms with Gasteiger partial charge in [0.25, 0.3) is 0 Å². The fourth-order valence-corrected chi connectivity index (χ4v) is 2.80. The summed E-state index contributed by atoms with van der Waals surface area (Å²) in [5.74, 6) is 0.780. The molecule has 0 aliphatic rings. The van der Waals surface area contributed by atoms with Crippen molar-refractivity contribution in [3.8, 4) is 16.9 Å². The summed E-state index contributed by atoms with van der Waals surface area (Å²) in [5.41, 5.74) is 2.99. The van der Waals surface area contributed by atoms with Gasteiger partial charge in [0, 0.05) is 22.3 Å². The minimum Gasteiger partial charge on any atom is -0.488 e. The molecule has 0 N–H and O–H groups in total. The second-order valence-corrected chi connectivity index (χ2v) is 5.94. The molecule has 0 saturated heterocycles. The molecule has 3 aromatic rings.